The molecular weight excluding hydrogens is 395 g/mol. The van der Waals surface area contributed by atoms with E-state index in [0.29, 0.717) is 47.2 Å². The molecule has 2 N–H and O–H groups in total. The predicted octanol–water partition coefficient (Wildman–Crippen LogP) is 4.13. The molecule has 0 radical (unpaired) electrons. The number of amides is 1. The summed E-state index contributed by atoms with van der Waals surface area (Å²) < 4.78 is 16.4. The summed E-state index contributed by atoms with van der Waals surface area (Å²) in [7, 11) is 0. The van der Waals surface area contributed by atoms with E-state index < -0.39 is 0 Å². The quantitative estimate of drug-likeness (QED) is 0.598. The molecule has 4 rings (SSSR count). The summed E-state index contributed by atoms with van der Waals surface area (Å²) in [5.74, 6) is -0.346. The molecule has 164 valence electrons. The Morgan fingerprint density at radius 3 is 2.58 bits per heavy atom. The third kappa shape index (κ3) is 3.66. The number of aromatic nitrogens is 3. The number of fused-ring (bicyclic) bond motifs is 1. The Labute approximate surface area is 180 Å². The van der Waals surface area contributed by atoms with E-state index >= 15 is 0 Å². The molecule has 1 amide bonds. The van der Waals surface area contributed by atoms with E-state index in [1.165, 1.54) is 12.3 Å². The highest BCUT2D eigenvalue weighted by Gasteiger charge is 2.37. The minimum absolute atomic E-state index is 0.0650. The van der Waals surface area contributed by atoms with Crippen molar-refractivity contribution in [3.8, 4) is 11.3 Å². The summed E-state index contributed by atoms with van der Waals surface area (Å²) in [6.07, 6.45) is 4.53. The van der Waals surface area contributed by atoms with Crippen LogP contribution in [0.3, 0.4) is 0 Å². The van der Waals surface area contributed by atoms with E-state index in [9.17, 15) is 14.0 Å². The molecule has 1 atom stereocenters. The lowest BCUT2D eigenvalue weighted by Gasteiger charge is -2.33. The lowest BCUT2D eigenvalue weighted by molar-refractivity contribution is -0.123. The highest BCUT2D eigenvalue weighted by molar-refractivity contribution is 5.84. The molecule has 0 aliphatic carbocycles. The van der Waals surface area contributed by atoms with Crippen molar-refractivity contribution in [3.63, 3.8) is 0 Å². The summed E-state index contributed by atoms with van der Waals surface area (Å²) in [6.45, 7) is 7.42. The fourth-order valence-corrected chi connectivity index (χ4v) is 4.94. The lowest BCUT2D eigenvalue weighted by atomic mass is 9.70. The van der Waals surface area contributed by atoms with Gasteiger partial charge in [-0.1, -0.05) is 19.9 Å². The largest absolute Gasteiger partial charge is 0.356 e. The Bertz CT molecular complexity index is 1180. The Kier molecular flexibility index (Phi) is 5.69. The van der Waals surface area contributed by atoms with Gasteiger partial charge in [0.2, 0.25) is 5.91 Å². The summed E-state index contributed by atoms with van der Waals surface area (Å²) in [4.78, 5) is 28.3. The highest BCUT2D eigenvalue weighted by Crippen LogP contribution is 2.38. The standard InChI is InChI=1S/C24H29FN4O2/c1-4-24(5-2,13-15-9-10-26-22(15)30)18-7-8-20(28-23(18)31)16-11-19(25)17-14-27-29(6-3)21(17)12-16/h7-8,11-12,14-15H,4-6,9-10,13H2,1-3H3,(H,26,30)(H,28,31). The van der Waals surface area contributed by atoms with Crippen LogP contribution < -0.4 is 10.9 Å². The van der Waals surface area contributed by atoms with Crippen LogP contribution in [0.2, 0.25) is 0 Å². The van der Waals surface area contributed by atoms with Crippen molar-refractivity contribution >= 4 is 16.8 Å². The van der Waals surface area contributed by atoms with Crippen molar-refractivity contribution in [3.05, 3.63) is 52.2 Å². The maximum atomic E-state index is 14.6. The number of nitrogens with one attached hydrogen (secondary N) is 2. The molecule has 31 heavy (non-hydrogen) atoms. The van der Waals surface area contributed by atoms with Gasteiger partial charge in [0.15, 0.2) is 0 Å². The normalized spacial score (nSPS) is 16.8. The SMILES string of the molecule is CCn1ncc2c(F)cc(-c3ccc(C(CC)(CC)CC4CCNC4=O)c(=O)[nH]3)cc21. The van der Waals surface area contributed by atoms with Gasteiger partial charge in [-0.3, -0.25) is 14.3 Å². The Balaban J connectivity index is 1.74. The molecule has 0 spiro atoms. The molecule has 1 aliphatic rings. The van der Waals surface area contributed by atoms with Crippen LogP contribution in [0.15, 0.2) is 35.3 Å². The molecule has 0 bridgehead atoms. The number of hydrogen-bond donors (Lipinski definition) is 2. The number of aryl methyl sites for hydroxylation is 1. The summed E-state index contributed by atoms with van der Waals surface area (Å²) in [5, 5.41) is 7.59. The second kappa shape index (κ2) is 8.29. The lowest BCUT2D eigenvalue weighted by Crippen LogP contribution is -2.35. The van der Waals surface area contributed by atoms with E-state index in [4.69, 9.17) is 0 Å². The monoisotopic (exact) mass is 424 g/mol. The third-order valence-corrected chi connectivity index (χ3v) is 6.96. The van der Waals surface area contributed by atoms with Crippen LogP contribution in [0.1, 0.15) is 52.0 Å². The zero-order chi connectivity index (χ0) is 22.2. The smallest absolute Gasteiger partial charge is 0.252 e. The number of hydrogen-bond acceptors (Lipinski definition) is 3. The minimum atomic E-state index is -0.367. The van der Waals surface area contributed by atoms with Gasteiger partial charge in [-0.25, -0.2) is 4.39 Å². The molecule has 3 heterocycles. The molecule has 1 aromatic carbocycles. The topological polar surface area (TPSA) is 79.8 Å². The first-order chi connectivity index (χ1) is 14.9. The van der Waals surface area contributed by atoms with Gasteiger partial charge in [-0.2, -0.15) is 5.10 Å². The Morgan fingerprint density at radius 1 is 1.19 bits per heavy atom. The van der Waals surface area contributed by atoms with Crippen molar-refractivity contribution in [1.29, 1.82) is 0 Å². The third-order valence-electron chi connectivity index (χ3n) is 6.96. The van der Waals surface area contributed by atoms with Crippen molar-refractivity contribution in [2.75, 3.05) is 6.54 Å². The predicted molar refractivity (Wildman–Crippen MR) is 119 cm³/mol. The number of rotatable bonds is 7. The number of aromatic amines is 1. The molecule has 1 fully saturated rings. The zero-order valence-corrected chi connectivity index (χ0v) is 18.3. The van der Waals surface area contributed by atoms with Crippen molar-refractivity contribution in [2.24, 2.45) is 5.92 Å². The summed E-state index contributed by atoms with van der Waals surface area (Å²) in [6, 6.07) is 6.99. The molecule has 7 heteroatoms. The van der Waals surface area contributed by atoms with E-state index in [2.05, 4.69) is 29.2 Å². The van der Waals surface area contributed by atoms with Gasteiger partial charge in [0, 0.05) is 41.2 Å². The molecule has 1 unspecified atom stereocenters. The number of carbonyl (C=O) groups excluding carboxylic acids is 1. The maximum absolute atomic E-state index is 14.6. The van der Waals surface area contributed by atoms with Crippen molar-refractivity contribution in [1.82, 2.24) is 20.1 Å². The molecule has 2 aromatic heterocycles. The molecule has 6 nitrogen and oxygen atoms in total. The Hall–Kier alpha value is -2.96. The van der Waals surface area contributed by atoms with Gasteiger partial charge < -0.3 is 10.3 Å². The van der Waals surface area contributed by atoms with Crippen molar-refractivity contribution in [2.45, 2.75) is 58.4 Å². The van der Waals surface area contributed by atoms with Gasteiger partial charge in [0.1, 0.15) is 5.82 Å². The number of nitrogens with zero attached hydrogens (tertiary/aromatic N) is 2. The van der Waals surface area contributed by atoms with Gasteiger partial charge in [-0.05, 0) is 50.8 Å². The van der Waals surface area contributed by atoms with Crippen LogP contribution in [-0.2, 0) is 16.8 Å². The Morgan fingerprint density at radius 2 is 1.97 bits per heavy atom. The second-order valence-corrected chi connectivity index (χ2v) is 8.43. The molecule has 0 saturated carbocycles. The van der Waals surface area contributed by atoms with Crippen LogP contribution in [0.25, 0.3) is 22.2 Å². The first-order valence-electron chi connectivity index (χ1n) is 11.1. The minimum Gasteiger partial charge on any atom is -0.356 e. The number of carbonyl (C=O) groups is 1. The average molecular weight is 425 g/mol. The van der Waals surface area contributed by atoms with E-state index in [1.54, 1.807) is 4.68 Å². The van der Waals surface area contributed by atoms with Gasteiger partial charge in [0.25, 0.3) is 5.56 Å². The van der Waals surface area contributed by atoms with Crippen molar-refractivity contribution < 1.29 is 9.18 Å². The van der Waals surface area contributed by atoms with Crippen LogP contribution in [-0.4, -0.2) is 27.2 Å². The van der Waals surface area contributed by atoms with Crippen LogP contribution >= 0.6 is 0 Å². The second-order valence-electron chi connectivity index (χ2n) is 8.43. The number of benzene rings is 1. The van der Waals surface area contributed by atoms with Gasteiger partial charge >= 0.3 is 0 Å². The zero-order valence-electron chi connectivity index (χ0n) is 18.3. The first kappa shape index (κ1) is 21.3. The van der Waals surface area contributed by atoms with Crippen LogP contribution in [0.5, 0.6) is 0 Å². The molecule has 1 saturated heterocycles. The van der Waals surface area contributed by atoms with Gasteiger partial charge in [0.05, 0.1) is 17.1 Å². The van der Waals surface area contributed by atoms with Crippen LogP contribution in [0.4, 0.5) is 4.39 Å². The number of pyridine rings is 1. The maximum Gasteiger partial charge on any atom is 0.252 e. The number of H-pyrrole nitrogens is 1. The summed E-state index contributed by atoms with van der Waals surface area (Å²) in [5.41, 5.74) is 2.03. The fraction of sp³-hybridized carbons (Fsp3) is 0.458. The van der Waals surface area contributed by atoms with E-state index in [1.807, 2.05) is 25.1 Å². The van der Waals surface area contributed by atoms with E-state index in [0.717, 1.165) is 19.3 Å². The summed E-state index contributed by atoms with van der Waals surface area (Å²) >= 11 is 0. The highest BCUT2D eigenvalue weighted by atomic mass is 19.1. The van der Waals surface area contributed by atoms with Crippen LogP contribution in [0, 0.1) is 11.7 Å². The molecule has 1 aliphatic heterocycles. The fourth-order valence-electron chi connectivity index (χ4n) is 4.94. The van der Waals surface area contributed by atoms with Gasteiger partial charge in [-0.15, -0.1) is 0 Å². The average Bonchev–Trinajstić information content (AvgIpc) is 3.38. The number of halogens is 1. The molecule has 3 aromatic rings. The van der Waals surface area contributed by atoms with E-state index in [-0.39, 0.29) is 28.6 Å². The molecular formula is C24H29FN4O2. The first-order valence-corrected chi connectivity index (χ1v) is 11.1.